The smallest absolute Gasteiger partial charge is 0.311 e. The number of hydrogen-bond acceptors (Lipinski definition) is 6. The Morgan fingerprint density at radius 2 is 2.29 bits per heavy atom. The van der Waals surface area contributed by atoms with Gasteiger partial charge < -0.3 is 9.26 Å². The maximum atomic E-state index is 11.3. The molecular weight excluding hydrogens is 270 g/mol. The number of ether oxygens (including phenoxy) is 1. The fourth-order valence-electron chi connectivity index (χ4n) is 2.06. The minimum absolute atomic E-state index is 0.166. The van der Waals surface area contributed by atoms with E-state index in [1.54, 1.807) is 12.3 Å². The highest BCUT2D eigenvalue weighted by atomic mass is 16.5. The molecule has 0 unspecified atom stereocenters. The predicted molar refractivity (Wildman–Crippen MR) is 78.9 cm³/mol. The van der Waals surface area contributed by atoms with Crippen LogP contribution in [0.15, 0.2) is 51.0 Å². The van der Waals surface area contributed by atoms with Crippen molar-refractivity contribution in [1.82, 2.24) is 5.16 Å². The summed E-state index contributed by atoms with van der Waals surface area (Å²) in [6.07, 6.45) is 4.08. The second kappa shape index (κ2) is 5.70. The van der Waals surface area contributed by atoms with Gasteiger partial charge in [0, 0.05) is 18.3 Å². The lowest BCUT2D eigenvalue weighted by Crippen LogP contribution is -2.14. The molecule has 0 saturated carbocycles. The fraction of sp³-hybridized carbons (Fsp3) is 0.200. The summed E-state index contributed by atoms with van der Waals surface area (Å²) < 4.78 is 9.85. The molecule has 6 heteroatoms. The molecule has 2 heterocycles. The number of hydrogen-bond donors (Lipinski definition) is 0. The van der Waals surface area contributed by atoms with Crippen molar-refractivity contribution < 1.29 is 14.1 Å². The molecule has 1 aromatic carbocycles. The van der Waals surface area contributed by atoms with Crippen molar-refractivity contribution in [3.05, 3.63) is 36.5 Å². The Balaban J connectivity index is 1.83. The van der Waals surface area contributed by atoms with Crippen molar-refractivity contribution >= 4 is 34.2 Å². The number of carbonyl (C=O) groups excluding carboxylic acids is 1. The molecule has 0 saturated heterocycles. The van der Waals surface area contributed by atoms with Gasteiger partial charge in [-0.25, -0.2) is 4.99 Å². The molecule has 0 N–H and O–H groups in total. The van der Waals surface area contributed by atoms with Gasteiger partial charge in [0.15, 0.2) is 5.58 Å². The maximum Gasteiger partial charge on any atom is 0.311 e. The first-order chi connectivity index (χ1) is 10.3. The Bertz CT molecular complexity index is 771. The van der Waals surface area contributed by atoms with Crippen molar-refractivity contribution in [3.63, 3.8) is 0 Å². The van der Waals surface area contributed by atoms with Gasteiger partial charge in [-0.1, -0.05) is 17.3 Å². The Hall–Kier alpha value is -2.76. The van der Waals surface area contributed by atoms with Gasteiger partial charge in [0.1, 0.15) is 0 Å². The average Bonchev–Trinajstić information content (AvgIpc) is 2.91. The van der Waals surface area contributed by atoms with Crippen LogP contribution in [0.1, 0.15) is 12.8 Å². The molecule has 2 aromatic rings. The van der Waals surface area contributed by atoms with E-state index in [2.05, 4.69) is 19.9 Å². The molecule has 21 heavy (non-hydrogen) atoms. The number of aliphatic imine (C=N–C) groups is 2. The van der Waals surface area contributed by atoms with E-state index in [1.165, 1.54) is 7.11 Å². The Morgan fingerprint density at radius 3 is 3.14 bits per heavy atom. The maximum absolute atomic E-state index is 11.3. The summed E-state index contributed by atoms with van der Waals surface area (Å²) in [5.74, 6) is 0.222. The predicted octanol–water partition coefficient (Wildman–Crippen LogP) is 2.82. The van der Waals surface area contributed by atoms with E-state index in [0.717, 1.165) is 16.8 Å². The highest BCUT2D eigenvalue weighted by molar-refractivity contribution is 6.16. The Kier molecular flexibility index (Phi) is 3.59. The Morgan fingerprint density at radius 1 is 1.43 bits per heavy atom. The van der Waals surface area contributed by atoms with E-state index in [9.17, 15) is 4.79 Å². The second-order valence-corrected chi connectivity index (χ2v) is 4.55. The van der Waals surface area contributed by atoms with Crippen LogP contribution in [0.4, 0.5) is 5.82 Å². The molecule has 0 amide bonds. The first-order valence-corrected chi connectivity index (χ1v) is 6.47. The van der Waals surface area contributed by atoms with Gasteiger partial charge in [0.25, 0.3) is 0 Å². The summed E-state index contributed by atoms with van der Waals surface area (Å²) >= 11 is 0. The fourth-order valence-corrected chi connectivity index (χ4v) is 2.06. The Labute approximate surface area is 120 Å². The molecule has 0 aliphatic carbocycles. The van der Waals surface area contributed by atoms with Crippen LogP contribution in [0.5, 0.6) is 0 Å². The molecule has 0 bridgehead atoms. The summed E-state index contributed by atoms with van der Waals surface area (Å²) in [5, 5.41) is 4.82. The van der Waals surface area contributed by atoms with Crippen LogP contribution in [0.25, 0.3) is 11.0 Å². The molecular formula is C15H13N3O3. The minimum atomic E-state index is -0.310. The van der Waals surface area contributed by atoms with Gasteiger partial charge in [-0.15, -0.1) is 0 Å². The van der Waals surface area contributed by atoms with Gasteiger partial charge >= 0.3 is 5.97 Å². The number of allylic oxidation sites excluding steroid dienone is 1. The lowest BCUT2D eigenvalue weighted by molar-refractivity contribution is -0.139. The first kappa shape index (κ1) is 13.2. The van der Waals surface area contributed by atoms with E-state index in [1.807, 2.05) is 24.3 Å². The molecule has 0 radical (unpaired) electrons. The molecule has 1 aliphatic heterocycles. The van der Waals surface area contributed by atoms with Gasteiger partial charge in [-0.2, -0.15) is 0 Å². The van der Waals surface area contributed by atoms with Crippen LogP contribution in [-0.4, -0.2) is 29.7 Å². The van der Waals surface area contributed by atoms with Crippen LogP contribution in [0, 0.1) is 0 Å². The van der Waals surface area contributed by atoms with Crippen molar-refractivity contribution in [3.8, 4) is 0 Å². The van der Waals surface area contributed by atoms with E-state index in [4.69, 9.17) is 4.52 Å². The molecule has 3 rings (SSSR count). The first-order valence-electron chi connectivity index (χ1n) is 6.47. The monoisotopic (exact) mass is 283 g/mol. The summed E-state index contributed by atoms with van der Waals surface area (Å²) in [7, 11) is 1.36. The largest absolute Gasteiger partial charge is 0.469 e. The highest BCUT2D eigenvalue weighted by Crippen LogP contribution is 2.25. The summed E-state index contributed by atoms with van der Waals surface area (Å²) in [5.41, 5.74) is 2.19. The van der Waals surface area contributed by atoms with Crippen LogP contribution in [0.2, 0.25) is 0 Å². The highest BCUT2D eigenvalue weighted by Gasteiger charge is 2.14. The molecule has 0 fully saturated rings. The molecule has 6 nitrogen and oxygen atoms in total. The number of nitrogens with zero attached hydrogens (tertiary/aromatic N) is 3. The SMILES string of the molecule is COC(=O)CC1=NC=CC(=Nc2noc3ccccc23)C1. The van der Waals surface area contributed by atoms with Gasteiger partial charge in [0.05, 0.1) is 24.6 Å². The molecule has 0 atom stereocenters. The van der Waals surface area contributed by atoms with Crippen LogP contribution in [-0.2, 0) is 9.53 Å². The second-order valence-electron chi connectivity index (χ2n) is 4.55. The number of rotatable bonds is 3. The third kappa shape index (κ3) is 2.89. The molecule has 0 spiro atoms. The number of carbonyl (C=O) groups is 1. The van der Waals surface area contributed by atoms with Crippen LogP contribution in [0.3, 0.4) is 0 Å². The van der Waals surface area contributed by atoms with Crippen molar-refractivity contribution in [1.29, 1.82) is 0 Å². The minimum Gasteiger partial charge on any atom is -0.469 e. The third-order valence-electron chi connectivity index (χ3n) is 3.09. The van der Waals surface area contributed by atoms with Gasteiger partial charge in [0.2, 0.25) is 5.82 Å². The van der Waals surface area contributed by atoms with Gasteiger partial charge in [-0.3, -0.25) is 9.79 Å². The number of fused-ring (bicyclic) bond motifs is 1. The topological polar surface area (TPSA) is 77.0 Å². The molecule has 1 aliphatic rings. The number of para-hydroxylation sites is 1. The lowest BCUT2D eigenvalue weighted by Gasteiger charge is -2.08. The summed E-state index contributed by atoms with van der Waals surface area (Å²) in [6, 6.07) is 7.53. The quantitative estimate of drug-likeness (QED) is 0.811. The van der Waals surface area contributed by atoms with E-state index < -0.39 is 0 Å². The van der Waals surface area contributed by atoms with Gasteiger partial charge in [-0.05, 0) is 18.2 Å². The van der Waals surface area contributed by atoms with Crippen molar-refractivity contribution in [2.75, 3.05) is 7.11 Å². The van der Waals surface area contributed by atoms with E-state index in [-0.39, 0.29) is 12.4 Å². The van der Waals surface area contributed by atoms with E-state index in [0.29, 0.717) is 17.8 Å². The standard InChI is InChI=1S/C15H13N3O3/c1-20-14(19)9-11-8-10(6-7-16-11)17-15-12-4-2-3-5-13(12)21-18-15/h2-7H,8-9H2,1H3. The number of methoxy groups -OCH3 is 1. The van der Waals surface area contributed by atoms with Crippen LogP contribution < -0.4 is 0 Å². The van der Waals surface area contributed by atoms with Crippen molar-refractivity contribution in [2.24, 2.45) is 9.98 Å². The molecule has 106 valence electrons. The molecule has 1 aromatic heterocycles. The normalized spacial score (nSPS) is 16.2. The average molecular weight is 283 g/mol. The number of benzene rings is 1. The number of esters is 1. The zero-order chi connectivity index (χ0) is 14.7. The lowest BCUT2D eigenvalue weighted by atomic mass is 10.1. The number of aromatic nitrogens is 1. The zero-order valence-electron chi connectivity index (χ0n) is 11.4. The van der Waals surface area contributed by atoms with E-state index >= 15 is 0 Å². The van der Waals surface area contributed by atoms with Crippen molar-refractivity contribution in [2.45, 2.75) is 12.8 Å². The summed E-state index contributed by atoms with van der Waals surface area (Å²) in [6.45, 7) is 0. The third-order valence-corrected chi connectivity index (χ3v) is 3.09. The van der Waals surface area contributed by atoms with Crippen LogP contribution >= 0.6 is 0 Å². The summed E-state index contributed by atoms with van der Waals surface area (Å²) in [4.78, 5) is 19.9. The zero-order valence-corrected chi connectivity index (χ0v) is 11.4.